The van der Waals surface area contributed by atoms with E-state index < -0.39 is 0 Å². The molecule has 0 radical (unpaired) electrons. The van der Waals surface area contributed by atoms with Crippen molar-refractivity contribution >= 4 is 5.76 Å². The quantitative estimate of drug-likeness (QED) is 0.171. The van der Waals surface area contributed by atoms with Gasteiger partial charge in [0.05, 0.1) is 24.6 Å². The third-order valence-corrected chi connectivity index (χ3v) is 8.47. The minimum absolute atomic E-state index is 0.111. The third kappa shape index (κ3) is 6.47. The highest BCUT2D eigenvalue weighted by Crippen LogP contribution is 2.35. The van der Waals surface area contributed by atoms with Crippen LogP contribution in [0, 0.1) is 13.8 Å². The fraction of sp³-hybridized carbons (Fsp3) is 0.389. The number of rotatable bonds is 12. The van der Waals surface area contributed by atoms with Gasteiger partial charge < -0.3 is 14.6 Å². The third-order valence-electron chi connectivity index (χ3n) is 8.47. The number of pyridine rings is 1. The highest BCUT2D eigenvalue weighted by atomic mass is 16.5. The number of aromatic nitrogens is 3. The molecule has 0 spiro atoms. The Kier molecular flexibility index (Phi) is 9.51. The molecule has 1 aliphatic rings. The van der Waals surface area contributed by atoms with Gasteiger partial charge in [0.25, 0.3) is 0 Å². The van der Waals surface area contributed by atoms with Crippen LogP contribution in [0.3, 0.4) is 0 Å². The number of benzene rings is 2. The summed E-state index contributed by atoms with van der Waals surface area (Å²) in [5.74, 6) is 1.64. The number of aryl methyl sites for hydroxylation is 2. The lowest BCUT2D eigenvalue weighted by Gasteiger charge is -2.36. The standard InChI is InChI=1S/C36H44N4O3/c1-7-11-29(12-8-2)39-18-17-28-20-27(19-25(4)32(28)22-39)23-43-35-24(3)13-9-14-30(35)33-15-10-16-34(38-33)40-36(42-6)31(21-37-40)26(5)41/h9-10,13-16,19-21,29,41H,5,7-8,11-12,17-18,22-23H2,1-4,6H3. The summed E-state index contributed by atoms with van der Waals surface area (Å²) in [7, 11) is 1.53. The van der Waals surface area contributed by atoms with E-state index >= 15 is 0 Å². The smallest absolute Gasteiger partial charge is 0.229 e. The molecule has 7 nitrogen and oxygen atoms in total. The van der Waals surface area contributed by atoms with Gasteiger partial charge in [-0.15, -0.1) is 0 Å². The fourth-order valence-corrected chi connectivity index (χ4v) is 6.32. The molecule has 0 fully saturated rings. The molecule has 0 aliphatic carbocycles. The molecular formula is C36H44N4O3. The first-order valence-electron chi connectivity index (χ1n) is 15.4. The lowest BCUT2D eigenvalue weighted by Crippen LogP contribution is -2.39. The molecule has 1 N–H and O–H groups in total. The van der Waals surface area contributed by atoms with E-state index in [-0.39, 0.29) is 5.76 Å². The summed E-state index contributed by atoms with van der Waals surface area (Å²) in [5.41, 5.74) is 8.62. The topological polar surface area (TPSA) is 72.6 Å². The first-order chi connectivity index (χ1) is 20.8. The van der Waals surface area contributed by atoms with E-state index in [1.807, 2.05) is 30.3 Å². The van der Waals surface area contributed by atoms with E-state index in [1.54, 1.807) is 4.68 Å². The molecule has 0 amide bonds. The van der Waals surface area contributed by atoms with Gasteiger partial charge in [-0.1, -0.05) is 63.6 Å². The minimum atomic E-state index is -0.111. The predicted molar refractivity (Wildman–Crippen MR) is 173 cm³/mol. The van der Waals surface area contributed by atoms with E-state index in [1.165, 1.54) is 61.2 Å². The molecule has 0 unspecified atom stereocenters. The summed E-state index contributed by atoms with van der Waals surface area (Å²) in [5, 5.41) is 14.3. The summed E-state index contributed by atoms with van der Waals surface area (Å²) in [6.07, 6.45) is 7.63. The Morgan fingerprint density at radius 2 is 1.81 bits per heavy atom. The van der Waals surface area contributed by atoms with E-state index in [4.69, 9.17) is 14.5 Å². The van der Waals surface area contributed by atoms with Gasteiger partial charge in [-0.3, -0.25) is 4.90 Å². The number of ether oxygens (including phenoxy) is 2. The van der Waals surface area contributed by atoms with Gasteiger partial charge >= 0.3 is 0 Å². The number of nitrogens with zero attached hydrogens (tertiary/aromatic N) is 4. The van der Waals surface area contributed by atoms with Crippen molar-refractivity contribution in [1.29, 1.82) is 0 Å². The van der Waals surface area contributed by atoms with Gasteiger partial charge in [0.1, 0.15) is 18.1 Å². The summed E-state index contributed by atoms with van der Waals surface area (Å²) in [6, 6.07) is 17.2. The lowest BCUT2D eigenvalue weighted by molar-refractivity contribution is 0.158. The fourth-order valence-electron chi connectivity index (χ4n) is 6.32. The number of aliphatic hydroxyl groups excluding tert-OH is 1. The molecule has 0 bridgehead atoms. The van der Waals surface area contributed by atoms with Crippen molar-refractivity contribution in [3.63, 3.8) is 0 Å². The maximum atomic E-state index is 9.94. The van der Waals surface area contributed by atoms with Crippen molar-refractivity contribution in [1.82, 2.24) is 19.7 Å². The van der Waals surface area contributed by atoms with E-state index in [0.29, 0.717) is 29.9 Å². The molecule has 0 saturated carbocycles. The normalized spacial score (nSPS) is 13.3. The second kappa shape index (κ2) is 13.5. The molecule has 2 aromatic heterocycles. The zero-order valence-corrected chi connectivity index (χ0v) is 26.2. The molecule has 4 aromatic rings. The molecule has 1 aliphatic heterocycles. The molecule has 2 aromatic carbocycles. The Labute approximate surface area is 255 Å². The van der Waals surface area contributed by atoms with Crippen LogP contribution in [0.4, 0.5) is 0 Å². The minimum Gasteiger partial charge on any atom is -0.508 e. The summed E-state index contributed by atoms with van der Waals surface area (Å²) in [6.45, 7) is 15.2. The first-order valence-corrected chi connectivity index (χ1v) is 15.4. The van der Waals surface area contributed by atoms with Crippen molar-refractivity contribution < 1.29 is 14.6 Å². The monoisotopic (exact) mass is 580 g/mol. The number of hydrogen-bond acceptors (Lipinski definition) is 6. The molecule has 5 rings (SSSR count). The van der Waals surface area contributed by atoms with Crippen LogP contribution in [0.5, 0.6) is 11.6 Å². The maximum absolute atomic E-state index is 9.94. The largest absolute Gasteiger partial charge is 0.508 e. The van der Waals surface area contributed by atoms with Crippen LogP contribution in [-0.2, 0) is 19.6 Å². The van der Waals surface area contributed by atoms with Crippen LogP contribution >= 0.6 is 0 Å². The highest BCUT2D eigenvalue weighted by Gasteiger charge is 2.24. The van der Waals surface area contributed by atoms with E-state index in [9.17, 15) is 5.11 Å². The second-order valence-electron chi connectivity index (χ2n) is 11.5. The summed E-state index contributed by atoms with van der Waals surface area (Å²) < 4.78 is 13.6. The van der Waals surface area contributed by atoms with E-state index in [0.717, 1.165) is 42.1 Å². The number of methoxy groups -OCH3 is 1. The molecule has 7 heteroatoms. The van der Waals surface area contributed by atoms with Crippen LogP contribution in [-0.4, -0.2) is 44.5 Å². The van der Waals surface area contributed by atoms with Crippen LogP contribution in [0.1, 0.15) is 72.9 Å². The van der Waals surface area contributed by atoms with Gasteiger partial charge in [0, 0.05) is 24.7 Å². The van der Waals surface area contributed by atoms with Crippen LogP contribution < -0.4 is 9.47 Å². The Morgan fingerprint density at radius 1 is 1.05 bits per heavy atom. The van der Waals surface area contributed by atoms with Crippen molar-refractivity contribution in [2.75, 3.05) is 13.7 Å². The first kappa shape index (κ1) is 30.4. The highest BCUT2D eigenvalue weighted by molar-refractivity contribution is 5.70. The van der Waals surface area contributed by atoms with Crippen LogP contribution in [0.2, 0.25) is 0 Å². The number of fused-ring (bicyclic) bond motifs is 1. The Morgan fingerprint density at radius 3 is 2.53 bits per heavy atom. The molecule has 43 heavy (non-hydrogen) atoms. The van der Waals surface area contributed by atoms with Crippen LogP contribution in [0.15, 0.2) is 61.3 Å². The van der Waals surface area contributed by atoms with Gasteiger partial charge in [0.2, 0.25) is 5.88 Å². The molecule has 3 heterocycles. The Bertz CT molecular complexity index is 1590. The molecule has 226 valence electrons. The van der Waals surface area contributed by atoms with Crippen molar-refractivity contribution in [2.45, 2.75) is 79.0 Å². The molecule has 0 saturated heterocycles. The zero-order chi connectivity index (χ0) is 30.5. The number of para-hydroxylation sites is 1. The molecular weight excluding hydrogens is 536 g/mol. The number of hydrogen-bond donors (Lipinski definition) is 1. The average molecular weight is 581 g/mol. The van der Waals surface area contributed by atoms with Crippen molar-refractivity contribution in [2.24, 2.45) is 0 Å². The molecule has 0 atom stereocenters. The summed E-state index contributed by atoms with van der Waals surface area (Å²) in [4.78, 5) is 7.60. The van der Waals surface area contributed by atoms with E-state index in [2.05, 4.69) is 62.5 Å². The Balaban J connectivity index is 1.38. The van der Waals surface area contributed by atoms with Gasteiger partial charge in [-0.05, 0) is 79.1 Å². The second-order valence-corrected chi connectivity index (χ2v) is 11.5. The SMILES string of the molecule is C=C(O)c1cnn(-c2cccc(-c3cccc(C)c3OCc3cc(C)c4c(c3)CCN(C(CCC)CCC)C4)n2)c1OC. The summed E-state index contributed by atoms with van der Waals surface area (Å²) >= 11 is 0. The zero-order valence-electron chi connectivity index (χ0n) is 26.2. The predicted octanol–water partition coefficient (Wildman–Crippen LogP) is 7.99. The number of aliphatic hydroxyl groups is 1. The van der Waals surface area contributed by atoms with Gasteiger partial charge in [0.15, 0.2) is 5.82 Å². The maximum Gasteiger partial charge on any atom is 0.229 e. The average Bonchev–Trinajstić information content (AvgIpc) is 3.45. The van der Waals surface area contributed by atoms with Gasteiger partial charge in [-0.2, -0.15) is 9.78 Å². The van der Waals surface area contributed by atoms with Crippen molar-refractivity contribution in [3.8, 4) is 28.7 Å². The van der Waals surface area contributed by atoms with Crippen LogP contribution in [0.25, 0.3) is 22.8 Å². The Hall–Kier alpha value is -4.10. The van der Waals surface area contributed by atoms with Crippen molar-refractivity contribution in [3.05, 3.63) is 94.7 Å². The lowest BCUT2D eigenvalue weighted by atomic mass is 9.91. The van der Waals surface area contributed by atoms with Gasteiger partial charge in [-0.25, -0.2) is 4.98 Å².